The van der Waals surface area contributed by atoms with Crippen LogP contribution in [0.25, 0.3) is 0 Å². The van der Waals surface area contributed by atoms with Crippen molar-refractivity contribution in [1.82, 2.24) is 19.7 Å². The lowest BCUT2D eigenvalue weighted by Gasteiger charge is -2.15. The van der Waals surface area contributed by atoms with Crippen LogP contribution in [0, 0.1) is 6.92 Å². The van der Waals surface area contributed by atoms with Gasteiger partial charge in [-0.3, -0.25) is 4.79 Å². The van der Waals surface area contributed by atoms with Gasteiger partial charge < -0.3 is 14.6 Å². The van der Waals surface area contributed by atoms with Gasteiger partial charge in [-0.25, -0.2) is 4.98 Å². The van der Waals surface area contributed by atoms with Crippen molar-refractivity contribution < 1.29 is 9.53 Å². The van der Waals surface area contributed by atoms with Crippen molar-refractivity contribution in [3.05, 3.63) is 46.2 Å². The molecule has 0 aliphatic rings. The number of hydrogen-bond donors (Lipinski definition) is 1. The van der Waals surface area contributed by atoms with Gasteiger partial charge in [0.05, 0.1) is 16.0 Å². The van der Waals surface area contributed by atoms with E-state index in [-0.39, 0.29) is 17.3 Å². The maximum absolute atomic E-state index is 12.4. The monoisotopic (exact) mass is 437 g/mol. The number of thiazole rings is 1. The molecule has 3 aromatic rings. The normalized spacial score (nSPS) is 13.2. The molecule has 0 spiro atoms. The Bertz CT molecular complexity index is 975. The van der Waals surface area contributed by atoms with Crippen LogP contribution in [0.4, 0.5) is 5.13 Å². The first-order valence-corrected chi connectivity index (χ1v) is 10.7. The van der Waals surface area contributed by atoms with Crippen molar-refractivity contribution in [1.29, 1.82) is 0 Å². The Morgan fingerprint density at radius 2 is 2.07 bits per heavy atom. The average molecular weight is 438 g/mol. The molecule has 2 unspecified atom stereocenters. The zero-order chi connectivity index (χ0) is 20.3. The van der Waals surface area contributed by atoms with Gasteiger partial charge in [-0.1, -0.05) is 35.5 Å². The molecule has 7 nitrogen and oxygen atoms in total. The number of ether oxygens (including phenoxy) is 1. The molecule has 148 valence electrons. The molecule has 3 rings (SSSR count). The molecule has 0 bridgehead atoms. The van der Waals surface area contributed by atoms with E-state index in [0.717, 1.165) is 5.69 Å². The number of nitrogens with zero attached hydrogens (tertiary/aromatic N) is 4. The second-order valence-corrected chi connectivity index (χ2v) is 8.71. The standard InChI is InChI=1S/C18H20ClN5O2S2/c1-10-9-27-17(20-10)21-16(25)12(3)28-18-23-22-15(24(18)4)11(2)26-14-8-6-5-7-13(14)19/h5-9,11-12H,1-4H3,(H,20,21,25). The number of carbonyl (C=O) groups is 1. The zero-order valence-electron chi connectivity index (χ0n) is 15.8. The Kier molecular flexibility index (Phi) is 6.58. The number of anilines is 1. The van der Waals surface area contributed by atoms with Crippen LogP contribution in [0.2, 0.25) is 5.02 Å². The van der Waals surface area contributed by atoms with Crippen molar-refractivity contribution in [3.63, 3.8) is 0 Å². The Morgan fingerprint density at radius 1 is 1.32 bits per heavy atom. The van der Waals surface area contributed by atoms with E-state index >= 15 is 0 Å². The third kappa shape index (κ3) is 4.84. The SMILES string of the molecule is Cc1csc(NC(=O)C(C)Sc2nnc(C(C)Oc3ccccc3Cl)n2C)n1. The van der Waals surface area contributed by atoms with Crippen molar-refractivity contribution >= 4 is 45.7 Å². The minimum atomic E-state index is -0.361. The van der Waals surface area contributed by atoms with Crippen LogP contribution in [-0.2, 0) is 11.8 Å². The fourth-order valence-electron chi connectivity index (χ4n) is 2.40. The molecule has 0 fully saturated rings. The molecule has 10 heteroatoms. The maximum atomic E-state index is 12.4. The molecule has 2 heterocycles. The number of aromatic nitrogens is 4. The number of carbonyl (C=O) groups excluding carboxylic acids is 1. The highest BCUT2D eigenvalue weighted by molar-refractivity contribution is 8.00. The smallest absolute Gasteiger partial charge is 0.239 e. The van der Waals surface area contributed by atoms with Gasteiger partial charge in [-0.15, -0.1) is 21.5 Å². The molecule has 0 saturated carbocycles. The Hall–Kier alpha value is -2.10. The third-order valence-corrected chi connectivity index (χ3v) is 6.19. The van der Waals surface area contributed by atoms with Crippen molar-refractivity contribution in [2.45, 2.75) is 37.3 Å². The number of halogens is 1. The first-order chi connectivity index (χ1) is 13.3. The van der Waals surface area contributed by atoms with Gasteiger partial charge in [0.2, 0.25) is 5.91 Å². The quantitative estimate of drug-likeness (QED) is 0.548. The minimum absolute atomic E-state index is 0.135. The molecule has 0 radical (unpaired) electrons. The lowest BCUT2D eigenvalue weighted by molar-refractivity contribution is -0.115. The topological polar surface area (TPSA) is 81.9 Å². The van der Waals surface area contributed by atoms with E-state index in [1.807, 2.05) is 49.9 Å². The van der Waals surface area contributed by atoms with Crippen LogP contribution >= 0.6 is 34.7 Å². The second kappa shape index (κ2) is 8.93. The summed E-state index contributed by atoms with van der Waals surface area (Å²) < 4.78 is 7.73. The summed E-state index contributed by atoms with van der Waals surface area (Å²) in [5.41, 5.74) is 0.881. The van der Waals surface area contributed by atoms with E-state index in [4.69, 9.17) is 16.3 Å². The van der Waals surface area contributed by atoms with Gasteiger partial charge in [0.15, 0.2) is 22.2 Å². The average Bonchev–Trinajstić information content (AvgIpc) is 3.22. The summed E-state index contributed by atoms with van der Waals surface area (Å²) in [6.45, 7) is 5.58. The van der Waals surface area contributed by atoms with Crippen LogP contribution in [0.15, 0.2) is 34.8 Å². The number of benzene rings is 1. The molecule has 2 atom stereocenters. The fraction of sp³-hybridized carbons (Fsp3) is 0.333. The summed E-state index contributed by atoms with van der Waals surface area (Å²) >= 11 is 8.88. The summed E-state index contributed by atoms with van der Waals surface area (Å²) in [5.74, 6) is 1.09. The largest absolute Gasteiger partial charge is 0.481 e. The second-order valence-electron chi connectivity index (χ2n) is 6.13. The zero-order valence-corrected chi connectivity index (χ0v) is 18.2. The molecule has 1 N–H and O–H groups in total. The molecule has 0 saturated heterocycles. The third-order valence-electron chi connectivity index (χ3n) is 3.87. The summed E-state index contributed by atoms with van der Waals surface area (Å²) in [4.78, 5) is 16.6. The highest BCUT2D eigenvalue weighted by Crippen LogP contribution is 2.30. The molecule has 28 heavy (non-hydrogen) atoms. The number of rotatable bonds is 7. The van der Waals surface area contributed by atoms with E-state index < -0.39 is 0 Å². The Balaban J connectivity index is 1.65. The first-order valence-electron chi connectivity index (χ1n) is 8.55. The van der Waals surface area contributed by atoms with Crippen molar-refractivity contribution in [3.8, 4) is 5.75 Å². The van der Waals surface area contributed by atoms with E-state index in [1.54, 1.807) is 12.1 Å². The van der Waals surface area contributed by atoms with Crippen LogP contribution in [0.5, 0.6) is 5.75 Å². The van der Waals surface area contributed by atoms with E-state index in [1.165, 1.54) is 23.1 Å². The lowest BCUT2D eigenvalue weighted by atomic mass is 10.3. The van der Waals surface area contributed by atoms with Gasteiger partial charge >= 0.3 is 0 Å². The van der Waals surface area contributed by atoms with E-state index in [2.05, 4.69) is 20.5 Å². The van der Waals surface area contributed by atoms with Crippen LogP contribution in [0.1, 0.15) is 31.5 Å². The molecule has 0 aliphatic heterocycles. The number of nitrogens with one attached hydrogen (secondary N) is 1. The van der Waals surface area contributed by atoms with Crippen molar-refractivity contribution in [2.24, 2.45) is 7.05 Å². The summed E-state index contributed by atoms with van der Waals surface area (Å²) in [6.07, 6.45) is -0.353. The Labute approximate surface area is 176 Å². The van der Waals surface area contributed by atoms with Gasteiger partial charge in [0.25, 0.3) is 0 Å². The molecule has 2 aromatic heterocycles. The number of thioether (sulfide) groups is 1. The lowest BCUT2D eigenvalue weighted by Crippen LogP contribution is -2.22. The van der Waals surface area contributed by atoms with Gasteiger partial charge in [-0.05, 0) is 32.9 Å². The molecular formula is C18H20ClN5O2S2. The number of aryl methyl sites for hydroxylation is 1. The van der Waals surface area contributed by atoms with Crippen LogP contribution in [-0.4, -0.2) is 30.9 Å². The van der Waals surface area contributed by atoms with E-state index in [0.29, 0.717) is 26.9 Å². The molecule has 1 amide bonds. The number of hydrogen-bond acceptors (Lipinski definition) is 7. The number of para-hydroxylation sites is 1. The maximum Gasteiger partial charge on any atom is 0.239 e. The van der Waals surface area contributed by atoms with Crippen LogP contribution in [0.3, 0.4) is 0 Å². The minimum Gasteiger partial charge on any atom is -0.481 e. The molecule has 0 aliphatic carbocycles. The van der Waals surface area contributed by atoms with Gasteiger partial charge in [-0.2, -0.15) is 0 Å². The van der Waals surface area contributed by atoms with Crippen molar-refractivity contribution in [2.75, 3.05) is 5.32 Å². The first kappa shape index (κ1) is 20.6. The van der Waals surface area contributed by atoms with Gasteiger partial charge in [0, 0.05) is 12.4 Å². The summed E-state index contributed by atoms with van der Waals surface area (Å²) in [7, 11) is 1.85. The highest BCUT2D eigenvalue weighted by atomic mass is 35.5. The fourth-order valence-corrected chi connectivity index (χ4v) is 4.09. The predicted molar refractivity (Wildman–Crippen MR) is 112 cm³/mol. The Morgan fingerprint density at radius 3 is 2.75 bits per heavy atom. The highest BCUT2D eigenvalue weighted by Gasteiger charge is 2.22. The van der Waals surface area contributed by atoms with Gasteiger partial charge in [0.1, 0.15) is 5.75 Å². The molecule has 1 aromatic carbocycles. The van der Waals surface area contributed by atoms with Crippen LogP contribution < -0.4 is 10.1 Å². The van der Waals surface area contributed by atoms with E-state index in [9.17, 15) is 4.79 Å². The molecular weight excluding hydrogens is 418 g/mol. The summed E-state index contributed by atoms with van der Waals surface area (Å²) in [6, 6.07) is 7.27. The summed E-state index contributed by atoms with van der Waals surface area (Å²) in [5, 5.41) is 14.5. The predicted octanol–water partition coefficient (Wildman–Crippen LogP) is 4.49. The number of amides is 1.